The van der Waals surface area contributed by atoms with Gasteiger partial charge < -0.3 is 29.0 Å². The van der Waals surface area contributed by atoms with Crippen molar-refractivity contribution in [3.8, 4) is 0 Å². The molecule has 1 heterocycles. The fraction of sp³-hybridized carbons (Fsp3) is 0.617. The number of unbranched alkanes of at least 4 members (excludes halogenated alkanes) is 15. The van der Waals surface area contributed by atoms with Gasteiger partial charge in [0.05, 0.1) is 53.9 Å². The number of Topliss-reactive ketones (excluding diaryl/α,β-unsaturated/α-hetero) is 1. The van der Waals surface area contributed by atoms with E-state index < -0.39 is 7.94 Å². The molecule has 3 aromatic carbocycles. The molecule has 1 unspecified atom stereocenters. The first-order valence-corrected chi connectivity index (χ1v) is 30.1. The van der Waals surface area contributed by atoms with Crippen LogP contribution in [0.2, 0.25) is 0 Å². The van der Waals surface area contributed by atoms with Crippen molar-refractivity contribution in [1.29, 1.82) is 0 Å². The van der Waals surface area contributed by atoms with Gasteiger partial charge in [-0.3, -0.25) is 38.8 Å². The number of anilines is 1. The third-order valence-corrected chi connectivity index (χ3v) is 15.6. The molecule has 1 saturated heterocycles. The summed E-state index contributed by atoms with van der Waals surface area (Å²) in [6.07, 6.45) is 19.5. The summed E-state index contributed by atoms with van der Waals surface area (Å²) in [6, 6.07) is 25.9. The van der Waals surface area contributed by atoms with Crippen molar-refractivity contribution >= 4 is 48.9 Å². The molecule has 1 aliphatic heterocycles. The van der Waals surface area contributed by atoms with Crippen LogP contribution in [0.1, 0.15) is 121 Å². The molecule has 428 valence electrons. The highest BCUT2D eigenvalue weighted by atomic mass is 31.2. The monoisotopic (exact) mass is 1090 g/mol. The van der Waals surface area contributed by atoms with E-state index in [1.54, 1.807) is 31.2 Å². The third-order valence-electron chi connectivity index (χ3n) is 13.7. The van der Waals surface area contributed by atoms with Crippen LogP contribution in [0.3, 0.4) is 0 Å². The van der Waals surface area contributed by atoms with Gasteiger partial charge in [-0.05, 0) is 55.2 Å². The van der Waals surface area contributed by atoms with Gasteiger partial charge in [0.15, 0.2) is 0 Å². The lowest BCUT2D eigenvalue weighted by Crippen LogP contribution is -2.49. The van der Waals surface area contributed by atoms with Gasteiger partial charge in [0.1, 0.15) is 43.7 Å². The van der Waals surface area contributed by atoms with Crippen LogP contribution in [-0.4, -0.2) is 173 Å². The van der Waals surface area contributed by atoms with Crippen molar-refractivity contribution in [1.82, 2.24) is 19.6 Å². The number of carbonyl (C=O) groups is 5. The summed E-state index contributed by atoms with van der Waals surface area (Å²) in [5.74, 6) is -0.981. The molecule has 1 amide bonds. The number of likely N-dealkylation sites (N-methyl/N-ethyl adjacent to an activating group) is 1. The van der Waals surface area contributed by atoms with Crippen molar-refractivity contribution in [2.24, 2.45) is 0 Å². The number of benzene rings is 3. The highest BCUT2D eigenvalue weighted by Crippen LogP contribution is 2.51. The average Bonchev–Trinajstić information content (AvgIpc) is 3.40. The minimum Gasteiger partial charge on any atom is -0.627 e. The van der Waals surface area contributed by atoms with Crippen LogP contribution in [0.5, 0.6) is 0 Å². The Morgan fingerprint density at radius 3 is 1.34 bits per heavy atom. The number of carbonyl (C=O) groups excluding carboxylic acids is 5. The fourth-order valence-corrected chi connectivity index (χ4v) is 10.6. The summed E-state index contributed by atoms with van der Waals surface area (Å²) in [7, 11) is 2.50. The topological polar surface area (TPSA) is 170 Å². The zero-order valence-electron chi connectivity index (χ0n) is 47.3. The Morgan fingerprint density at radius 2 is 0.922 bits per heavy atom. The quantitative estimate of drug-likeness (QED) is 0.0195. The van der Waals surface area contributed by atoms with Crippen molar-refractivity contribution in [2.45, 2.75) is 123 Å². The molecule has 0 aromatic heterocycles. The molecule has 0 spiro atoms. The number of ether oxygens (including phenoxy) is 2. The lowest BCUT2D eigenvalue weighted by molar-refractivity contribution is -0.870. The van der Waals surface area contributed by atoms with Crippen molar-refractivity contribution in [3.05, 3.63) is 96.1 Å². The van der Waals surface area contributed by atoms with Gasteiger partial charge in [-0.2, -0.15) is 4.52 Å². The Labute approximate surface area is 462 Å². The zero-order chi connectivity index (χ0) is 55.4. The first kappa shape index (κ1) is 65.0. The van der Waals surface area contributed by atoms with E-state index in [1.807, 2.05) is 80.3 Å². The van der Waals surface area contributed by atoms with E-state index in [2.05, 4.69) is 26.5 Å². The van der Waals surface area contributed by atoms with E-state index in [-0.39, 0.29) is 69.6 Å². The molecule has 77 heavy (non-hydrogen) atoms. The third kappa shape index (κ3) is 30.5. The molecule has 1 fully saturated rings. The summed E-state index contributed by atoms with van der Waals surface area (Å²) in [5, 5.41) is 3.45. The van der Waals surface area contributed by atoms with Gasteiger partial charge in [-0.25, -0.2) is 4.52 Å². The summed E-state index contributed by atoms with van der Waals surface area (Å²) < 4.78 is 24.2. The number of nitrogens with one attached hydrogen (secondary N) is 1. The van der Waals surface area contributed by atoms with Crippen LogP contribution in [0, 0.1) is 0 Å². The van der Waals surface area contributed by atoms with E-state index in [0.717, 1.165) is 43.1 Å². The Bertz CT molecular complexity index is 2100. The van der Waals surface area contributed by atoms with Crippen LogP contribution in [0.4, 0.5) is 5.69 Å². The van der Waals surface area contributed by atoms with Crippen LogP contribution >= 0.6 is 7.94 Å². The molecule has 0 aliphatic carbocycles. The van der Waals surface area contributed by atoms with E-state index in [1.165, 1.54) is 70.6 Å². The maximum Gasteiger partial charge on any atom is 0.320 e. The molecule has 3 aromatic rings. The molecule has 17 heteroatoms. The molecule has 0 bridgehead atoms. The normalized spacial score (nSPS) is 15.4. The molecule has 1 N–H and O–H groups in total. The maximum atomic E-state index is 14.4. The number of nitrogens with zero attached hydrogens (tertiary/aromatic N) is 5. The van der Waals surface area contributed by atoms with Crippen molar-refractivity contribution < 1.29 is 51.9 Å². The predicted octanol–water partition coefficient (Wildman–Crippen LogP) is 7.85. The first-order chi connectivity index (χ1) is 37.2. The second kappa shape index (κ2) is 38.2. The lowest BCUT2D eigenvalue weighted by Gasteiger charge is -2.33. The lowest BCUT2D eigenvalue weighted by atomic mass is 10.0. The van der Waals surface area contributed by atoms with Crippen LogP contribution in [0.15, 0.2) is 84.9 Å². The maximum absolute atomic E-state index is 14.4. The van der Waals surface area contributed by atoms with Crippen molar-refractivity contribution in [2.75, 3.05) is 125 Å². The molecule has 1 atom stereocenters. The second-order valence-corrected chi connectivity index (χ2v) is 23.7. The Hall–Kier alpha value is -4.48. The first-order valence-electron chi connectivity index (χ1n) is 28.5. The van der Waals surface area contributed by atoms with Crippen LogP contribution in [-0.2, 0) is 55.7 Å². The smallest absolute Gasteiger partial charge is 0.320 e. The Balaban J connectivity index is 1.32. The number of amides is 1. The number of ketones is 1. The van der Waals surface area contributed by atoms with Crippen molar-refractivity contribution in [3.63, 3.8) is 0 Å². The summed E-state index contributed by atoms with van der Waals surface area (Å²) in [4.78, 5) is 85.7. The number of hydrogen-bond acceptors (Lipinski definition) is 14. The number of quaternary nitrogens is 1. The minimum atomic E-state index is -3.67. The molecular formula is C60H94N6O10P+. The van der Waals surface area contributed by atoms with Gasteiger partial charge in [-0.1, -0.05) is 144 Å². The Morgan fingerprint density at radius 1 is 0.532 bits per heavy atom. The van der Waals surface area contributed by atoms with E-state index >= 15 is 0 Å². The Kier molecular flexibility index (Phi) is 32.2. The molecule has 0 saturated carbocycles. The van der Waals surface area contributed by atoms with Crippen LogP contribution < -0.4 is 15.5 Å². The minimum absolute atomic E-state index is 0.0119. The zero-order valence-corrected chi connectivity index (χ0v) is 48.2. The highest BCUT2D eigenvalue weighted by molar-refractivity contribution is 7.67. The molecule has 1 aliphatic rings. The second-order valence-electron chi connectivity index (χ2n) is 21.6. The largest absolute Gasteiger partial charge is 0.627 e. The van der Waals surface area contributed by atoms with Gasteiger partial charge in [0, 0.05) is 64.5 Å². The summed E-state index contributed by atoms with van der Waals surface area (Å²) >= 11 is 0. The summed E-state index contributed by atoms with van der Waals surface area (Å²) in [5.41, 5.74) is 2.31. The number of hydrogen-bond donors (Lipinski definition) is 1. The van der Waals surface area contributed by atoms with E-state index in [4.69, 9.17) is 18.5 Å². The van der Waals surface area contributed by atoms with Gasteiger partial charge in [0.2, 0.25) is 5.91 Å². The number of rotatable bonds is 37. The molecular weight excluding hydrogens is 996 g/mol. The number of esters is 2. The highest BCUT2D eigenvalue weighted by Gasteiger charge is 2.34. The average molecular weight is 1090 g/mol. The van der Waals surface area contributed by atoms with Gasteiger partial charge in [0.25, 0.3) is 7.94 Å². The SMILES string of the molecule is CC(=O)CN1CCN(CC(=O)Nc2ccc([P+]([O-])(OCCCCCCCCCCCCCCCCCC=O)OCC[N+](C)(C)C)cc2)CCN(CC(=O)OCc2ccccc2)CCN(CC(=O)OCc2ccccc2)CC1. The standard InChI is InChI=1S/C60H93N6O10P/c1-53(68)47-62-35-37-63(38-40-65(50-60(71)74-52-55-29-23-20-24-30-55)42-41-64(39-36-62)49-59(70)73-51-54-27-21-19-22-28-54)48-58(69)61-56-31-33-57(34-32-56)77(72,76-46-43-66(2,3)4)75-45-26-18-16-14-12-10-8-6-5-7-9-11-13-15-17-25-44-67/h19-24,27-34,44H,5-18,25-26,35-43,45-52H2,1-4H3/p+1. The molecule has 0 radical (unpaired) electrons. The van der Waals surface area contributed by atoms with Crippen LogP contribution in [0.25, 0.3) is 0 Å². The van der Waals surface area contributed by atoms with Gasteiger partial charge >= 0.3 is 11.9 Å². The molecule has 4 rings (SSSR count). The van der Waals surface area contributed by atoms with E-state index in [9.17, 15) is 28.9 Å². The van der Waals surface area contributed by atoms with E-state index in [0.29, 0.717) is 87.4 Å². The number of aldehydes is 1. The fourth-order valence-electron chi connectivity index (χ4n) is 9.02. The van der Waals surface area contributed by atoms with Gasteiger partial charge in [-0.15, -0.1) is 0 Å². The predicted molar refractivity (Wildman–Crippen MR) is 305 cm³/mol. The molecule has 16 nitrogen and oxygen atoms in total. The summed E-state index contributed by atoms with van der Waals surface area (Å²) in [6.45, 7) is 7.10.